The molecule has 7 heavy (non-hydrogen) atoms. The van der Waals surface area contributed by atoms with Gasteiger partial charge in [0.15, 0.2) is 0 Å². The summed E-state index contributed by atoms with van der Waals surface area (Å²) in [5, 5.41) is 0. The second-order valence-electron chi connectivity index (χ2n) is 1.58. The van der Waals surface area contributed by atoms with E-state index in [1.165, 1.54) is 0 Å². The van der Waals surface area contributed by atoms with Gasteiger partial charge in [-0.05, 0) is 0 Å². The van der Waals surface area contributed by atoms with Gasteiger partial charge in [-0.25, -0.2) is 0 Å². The molecule has 1 unspecified atom stereocenters. The standard InChI is InChI=1S/C4H7ClN2/c1-7-3-6-2-4(7)5/h3-4H,2H2,1H3. The lowest BCUT2D eigenvalue weighted by Crippen LogP contribution is -2.20. The van der Waals surface area contributed by atoms with Crippen molar-refractivity contribution in [2.24, 2.45) is 4.99 Å². The van der Waals surface area contributed by atoms with E-state index >= 15 is 0 Å². The van der Waals surface area contributed by atoms with Crippen LogP contribution in [0.25, 0.3) is 0 Å². The molecule has 0 saturated carbocycles. The van der Waals surface area contributed by atoms with E-state index in [4.69, 9.17) is 11.6 Å². The molecule has 0 aromatic heterocycles. The van der Waals surface area contributed by atoms with Gasteiger partial charge in [0.25, 0.3) is 0 Å². The number of likely N-dealkylation sites (N-methyl/N-ethyl adjacent to an activating group) is 1. The Labute approximate surface area is 47.8 Å². The molecule has 40 valence electrons. The van der Waals surface area contributed by atoms with Crippen LogP contribution in [0.15, 0.2) is 4.99 Å². The fourth-order valence-electron chi connectivity index (χ4n) is 0.464. The maximum absolute atomic E-state index is 5.66. The third-order valence-electron chi connectivity index (χ3n) is 0.962. The zero-order valence-electron chi connectivity index (χ0n) is 4.13. The number of rotatable bonds is 0. The lowest BCUT2D eigenvalue weighted by Gasteiger charge is -2.09. The molecule has 0 aromatic rings. The molecule has 0 N–H and O–H groups in total. The minimum atomic E-state index is 0.0972. The molecule has 0 amide bonds. The average molecular weight is 119 g/mol. The van der Waals surface area contributed by atoms with Gasteiger partial charge >= 0.3 is 0 Å². The Morgan fingerprint density at radius 2 is 2.71 bits per heavy atom. The van der Waals surface area contributed by atoms with Crippen LogP contribution in [0.3, 0.4) is 0 Å². The van der Waals surface area contributed by atoms with Crippen LogP contribution in [-0.2, 0) is 0 Å². The first kappa shape index (κ1) is 4.91. The molecule has 0 aromatic carbocycles. The lowest BCUT2D eigenvalue weighted by molar-refractivity contribution is 0.521. The monoisotopic (exact) mass is 118 g/mol. The predicted molar refractivity (Wildman–Crippen MR) is 30.8 cm³/mol. The second-order valence-corrected chi connectivity index (χ2v) is 2.08. The van der Waals surface area contributed by atoms with Gasteiger partial charge in [-0.15, -0.1) is 0 Å². The predicted octanol–water partition coefficient (Wildman–Crippen LogP) is 0.525. The van der Waals surface area contributed by atoms with Gasteiger partial charge in [0.2, 0.25) is 0 Å². The third-order valence-corrected chi connectivity index (χ3v) is 1.41. The molecule has 0 aliphatic carbocycles. The molecule has 0 fully saturated rings. The quantitative estimate of drug-likeness (QED) is 0.335. The summed E-state index contributed by atoms with van der Waals surface area (Å²) < 4.78 is 0. The summed E-state index contributed by atoms with van der Waals surface area (Å²) >= 11 is 5.66. The van der Waals surface area contributed by atoms with E-state index in [2.05, 4.69) is 4.99 Å². The van der Waals surface area contributed by atoms with Gasteiger partial charge in [-0.1, -0.05) is 11.6 Å². The van der Waals surface area contributed by atoms with E-state index in [1.54, 1.807) is 6.34 Å². The molecular weight excluding hydrogens is 112 g/mol. The molecule has 1 aliphatic rings. The normalized spacial score (nSPS) is 29.4. The largest absolute Gasteiger partial charge is 0.348 e. The zero-order chi connectivity index (χ0) is 5.28. The highest BCUT2D eigenvalue weighted by molar-refractivity contribution is 6.21. The Bertz CT molecular complexity index is 91.7. The number of alkyl halides is 1. The van der Waals surface area contributed by atoms with Crippen LogP contribution in [0, 0.1) is 0 Å². The highest BCUT2D eigenvalue weighted by atomic mass is 35.5. The Morgan fingerprint density at radius 1 is 2.00 bits per heavy atom. The third kappa shape index (κ3) is 0.855. The molecule has 0 radical (unpaired) electrons. The van der Waals surface area contributed by atoms with Crippen molar-refractivity contribution in [2.45, 2.75) is 5.50 Å². The Morgan fingerprint density at radius 3 is 2.86 bits per heavy atom. The van der Waals surface area contributed by atoms with E-state index in [1.807, 2.05) is 11.9 Å². The van der Waals surface area contributed by atoms with Crippen molar-refractivity contribution in [2.75, 3.05) is 13.6 Å². The molecule has 2 nitrogen and oxygen atoms in total. The number of aliphatic imine (C=N–C) groups is 1. The van der Waals surface area contributed by atoms with Crippen molar-refractivity contribution in [3.8, 4) is 0 Å². The highest BCUT2D eigenvalue weighted by Crippen LogP contribution is 2.04. The Hall–Kier alpha value is -0.240. The summed E-state index contributed by atoms with van der Waals surface area (Å²) in [5.74, 6) is 0. The zero-order valence-corrected chi connectivity index (χ0v) is 4.89. The Kier molecular flexibility index (Phi) is 1.19. The summed E-state index contributed by atoms with van der Waals surface area (Å²) in [6.45, 7) is 0.734. The van der Waals surface area contributed by atoms with E-state index < -0.39 is 0 Å². The minimum Gasteiger partial charge on any atom is -0.348 e. The van der Waals surface area contributed by atoms with Crippen molar-refractivity contribution >= 4 is 17.9 Å². The van der Waals surface area contributed by atoms with E-state index in [-0.39, 0.29) is 5.50 Å². The molecule has 1 rings (SSSR count). The number of hydrogen-bond acceptors (Lipinski definition) is 2. The number of hydrogen-bond donors (Lipinski definition) is 0. The van der Waals surface area contributed by atoms with E-state index in [9.17, 15) is 0 Å². The van der Waals surface area contributed by atoms with Crippen LogP contribution in [0.2, 0.25) is 0 Å². The van der Waals surface area contributed by atoms with Gasteiger partial charge in [0, 0.05) is 7.05 Å². The number of nitrogens with zero attached hydrogens (tertiary/aromatic N) is 2. The fourth-order valence-corrected chi connectivity index (χ4v) is 0.594. The molecule has 1 atom stereocenters. The first-order chi connectivity index (χ1) is 3.30. The second kappa shape index (κ2) is 1.70. The summed E-state index contributed by atoms with van der Waals surface area (Å²) in [4.78, 5) is 5.79. The molecule has 0 bridgehead atoms. The SMILES string of the molecule is CN1C=NCC1Cl. The Balaban J connectivity index is 2.45. The maximum atomic E-state index is 5.66. The summed E-state index contributed by atoms with van der Waals surface area (Å²) in [6, 6.07) is 0. The van der Waals surface area contributed by atoms with Gasteiger partial charge in [-0.2, -0.15) is 0 Å². The first-order valence-corrected chi connectivity index (χ1v) is 2.60. The maximum Gasteiger partial charge on any atom is 0.124 e. The smallest absolute Gasteiger partial charge is 0.124 e. The lowest BCUT2D eigenvalue weighted by atomic mass is 10.6. The molecule has 1 aliphatic heterocycles. The van der Waals surface area contributed by atoms with Crippen LogP contribution in [-0.4, -0.2) is 30.3 Å². The fraction of sp³-hybridized carbons (Fsp3) is 0.750. The molecule has 1 heterocycles. The van der Waals surface area contributed by atoms with Crippen LogP contribution in [0.1, 0.15) is 0 Å². The van der Waals surface area contributed by atoms with Gasteiger partial charge in [0.05, 0.1) is 12.9 Å². The van der Waals surface area contributed by atoms with Gasteiger partial charge in [0.1, 0.15) is 5.50 Å². The molecule has 3 heteroatoms. The van der Waals surface area contributed by atoms with Crippen molar-refractivity contribution < 1.29 is 0 Å². The van der Waals surface area contributed by atoms with Crippen LogP contribution < -0.4 is 0 Å². The first-order valence-electron chi connectivity index (χ1n) is 2.16. The van der Waals surface area contributed by atoms with Gasteiger partial charge in [-0.3, -0.25) is 4.99 Å². The topological polar surface area (TPSA) is 15.6 Å². The molecule has 0 saturated heterocycles. The van der Waals surface area contributed by atoms with E-state index in [0.29, 0.717) is 0 Å². The van der Waals surface area contributed by atoms with Gasteiger partial charge < -0.3 is 4.90 Å². The van der Waals surface area contributed by atoms with Crippen molar-refractivity contribution in [3.63, 3.8) is 0 Å². The number of halogens is 1. The average Bonchev–Trinajstić information content (AvgIpc) is 1.91. The highest BCUT2D eigenvalue weighted by Gasteiger charge is 2.10. The van der Waals surface area contributed by atoms with Crippen molar-refractivity contribution in [1.82, 2.24) is 4.90 Å². The molecular formula is C4H7ClN2. The summed E-state index contributed by atoms with van der Waals surface area (Å²) in [6.07, 6.45) is 1.75. The minimum absolute atomic E-state index is 0.0972. The van der Waals surface area contributed by atoms with Crippen molar-refractivity contribution in [1.29, 1.82) is 0 Å². The van der Waals surface area contributed by atoms with Crippen LogP contribution >= 0.6 is 11.6 Å². The van der Waals surface area contributed by atoms with Crippen molar-refractivity contribution in [3.05, 3.63) is 0 Å². The summed E-state index contributed by atoms with van der Waals surface area (Å²) in [5.41, 5.74) is 0.0972. The molecule has 0 spiro atoms. The van der Waals surface area contributed by atoms with E-state index in [0.717, 1.165) is 6.54 Å². The van der Waals surface area contributed by atoms with Crippen LogP contribution in [0.5, 0.6) is 0 Å². The van der Waals surface area contributed by atoms with Crippen LogP contribution in [0.4, 0.5) is 0 Å². The summed E-state index contributed by atoms with van der Waals surface area (Å²) in [7, 11) is 1.91.